The molecule has 0 saturated carbocycles. The number of rotatable bonds is 7. The number of anilines is 1. The number of carbonyl (C=O) groups excluding carboxylic acids is 1. The van der Waals surface area contributed by atoms with Crippen LogP contribution in [0.15, 0.2) is 53.4 Å². The van der Waals surface area contributed by atoms with E-state index in [1.54, 1.807) is 32.0 Å². The third kappa shape index (κ3) is 4.37. The van der Waals surface area contributed by atoms with Gasteiger partial charge in [-0.1, -0.05) is 38.1 Å². The molecule has 1 amide bonds. The average molecular weight is 426 g/mol. The summed E-state index contributed by atoms with van der Waals surface area (Å²) < 4.78 is 26.9. The molecule has 2 aromatic carbocycles. The van der Waals surface area contributed by atoms with E-state index in [0.29, 0.717) is 18.8 Å². The van der Waals surface area contributed by atoms with E-state index in [4.69, 9.17) is 0 Å². The zero-order valence-corrected chi connectivity index (χ0v) is 18.6. The predicted octanol–water partition coefficient (Wildman–Crippen LogP) is 4.06. The van der Waals surface area contributed by atoms with Gasteiger partial charge in [0, 0.05) is 29.9 Å². The van der Waals surface area contributed by atoms with Gasteiger partial charge >= 0.3 is 0 Å². The number of aryl methyl sites for hydroxylation is 2. The summed E-state index contributed by atoms with van der Waals surface area (Å²) in [5, 5.41) is 3.86. The lowest BCUT2D eigenvalue weighted by molar-refractivity contribution is -0.115. The maximum absolute atomic E-state index is 12.7. The zero-order chi connectivity index (χ0) is 21.9. The number of fused-ring (bicyclic) bond motifs is 1. The van der Waals surface area contributed by atoms with Crippen LogP contribution in [-0.2, 0) is 21.2 Å². The second kappa shape index (κ2) is 8.93. The Morgan fingerprint density at radius 2 is 1.73 bits per heavy atom. The van der Waals surface area contributed by atoms with Gasteiger partial charge in [-0.05, 0) is 49.2 Å². The highest BCUT2D eigenvalue weighted by Gasteiger charge is 2.22. The number of aromatic nitrogens is 1. The van der Waals surface area contributed by atoms with Crippen molar-refractivity contribution in [2.45, 2.75) is 39.0 Å². The molecule has 0 radical (unpaired) electrons. The second-order valence-electron chi connectivity index (χ2n) is 7.16. The van der Waals surface area contributed by atoms with Crippen LogP contribution in [0.2, 0.25) is 0 Å². The summed E-state index contributed by atoms with van der Waals surface area (Å²) in [6.45, 7) is 8.28. The summed E-state index contributed by atoms with van der Waals surface area (Å²) in [5.41, 5.74) is 4.10. The van der Waals surface area contributed by atoms with E-state index in [9.17, 15) is 13.2 Å². The Hall–Kier alpha value is -2.77. The molecule has 0 aliphatic rings. The molecule has 1 heterocycles. The Morgan fingerprint density at radius 1 is 1.03 bits per heavy atom. The van der Waals surface area contributed by atoms with Crippen LogP contribution in [0.25, 0.3) is 10.9 Å². The minimum atomic E-state index is -3.58. The lowest BCUT2D eigenvalue weighted by atomic mass is 9.99. The highest BCUT2D eigenvalue weighted by atomic mass is 32.2. The number of amides is 1. The fourth-order valence-corrected chi connectivity index (χ4v) is 5.15. The maximum atomic E-state index is 12.7. The molecule has 0 aliphatic carbocycles. The molecule has 0 fully saturated rings. The van der Waals surface area contributed by atoms with Crippen molar-refractivity contribution in [1.29, 1.82) is 0 Å². The number of hydrogen-bond acceptors (Lipinski definition) is 4. The monoisotopic (exact) mass is 425 g/mol. The number of sulfonamides is 1. The van der Waals surface area contributed by atoms with E-state index in [0.717, 1.165) is 27.7 Å². The van der Waals surface area contributed by atoms with Crippen molar-refractivity contribution >= 4 is 32.5 Å². The molecule has 7 heteroatoms. The molecule has 0 saturated heterocycles. The highest BCUT2D eigenvalue weighted by molar-refractivity contribution is 7.89. The number of para-hydroxylation sites is 1. The average Bonchev–Trinajstić information content (AvgIpc) is 2.72. The molecule has 0 aliphatic heterocycles. The van der Waals surface area contributed by atoms with Gasteiger partial charge in [0.25, 0.3) is 0 Å². The minimum Gasteiger partial charge on any atom is -0.326 e. The van der Waals surface area contributed by atoms with Crippen LogP contribution in [0.5, 0.6) is 0 Å². The van der Waals surface area contributed by atoms with Crippen LogP contribution in [0.3, 0.4) is 0 Å². The first-order valence-electron chi connectivity index (χ1n) is 10.0. The van der Waals surface area contributed by atoms with E-state index in [-0.39, 0.29) is 17.2 Å². The normalized spacial score (nSPS) is 11.8. The first kappa shape index (κ1) is 21.9. The number of pyridine rings is 1. The summed E-state index contributed by atoms with van der Waals surface area (Å²) in [5.74, 6) is -0.212. The van der Waals surface area contributed by atoms with Gasteiger partial charge in [0.15, 0.2) is 0 Å². The Balaban J connectivity index is 1.84. The Bertz CT molecular complexity index is 1190. The van der Waals surface area contributed by atoms with Gasteiger partial charge in [-0.25, -0.2) is 8.42 Å². The Labute approximate surface area is 178 Å². The van der Waals surface area contributed by atoms with Crippen LogP contribution in [0.4, 0.5) is 5.69 Å². The molecule has 1 aromatic heterocycles. The summed E-state index contributed by atoms with van der Waals surface area (Å²) in [6.07, 6.45) is 0.169. The lowest BCUT2D eigenvalue weighted by Crippen LogP contribution is -2.30. The fraction of sp³-hybridized carbons (Fsp3) is 0.304. The first-order chi connectivity index (χ1) is 14.3. The van der Waals surface area contributed by atoms with Crippen molar-refractivity contribution in [3.63, 3.8) is 0 Å². The fourth-order valence-electron chi connectivity index (χ4n) is 3.64. The van der Waals surface area contributed by atoms with Crippen molar-refractivity contribution in [2.75, 3.05) is 18.4 Å². The number of carbonyl (C=O) groups is 1. The van der Waals surface area contributed by atoms with Crippen molar-refractivity contribution in [2.24, 2.45) is 0 Å². The third-order valence-electron chi connectivity index (χ3n) is 5.28. The largest absolute Gasteiger partial charge is 0.326 e. The van der Waals surface area contributed by atoms with E-state index < -0.39 is 10.0 Å². The zero-order valence-electron chi connectivity index (χ0n) is 17.8. The van der Waals surface area contributed by atoms with Crippen LogP contribution < -0.4 is 5.32 Å². The van der Waals surface area contributed by atoms with E-state index in [1.165, 1.54) is 10.4 Å². The number of nitrogens with zero attached hydrogens (tertiary/aromatic N) is 2. The van der Waals surface area contributed by atoms with E-state index in [2.05, 4.69) is 10.3 Å². The molecular weight excluding hydrogens is 398 g/mol. The van der Waals surface area contributed by atoms with Crippen LogP contribution in [-0.4, -0.2) is 36.7 Å². The van der Waals surface area contributed by atoms with Crippen LogP contribution >= 0.6 is 0 Å². The van der Waals surface area contributed by atoms with Crippen LogP contribution in [0.1, 0.15) is 30.7 Å². The van der Waals surface area contributed by atoms with Gasteiger partial charge in [-0.2, -0.15) is 4.31 Å². The van der Waals surface area contributed by atoms with Gasteiger partial charge in [0.1, 0.15) is 0 Å². The van der Waals surface area contributed by atoms with Gasteiger partial charge in [0.05, 0.1) is 16.8 Å². The summed E-state index contributed by atoms with van der Waals surface area (Å²) in [4.78, 5) is 17.5. The smallest absolute Gasteiger partial charge is 0.243 e. The van der Waals surface area contributed by atoms with Crippen molar-refractivity contribution < 1.29 is 13.2 Å². The highest BCUT2D eigenvalue weighted by Crippen LogP contribution is 2.24. The molecule has 6 nitrogen and oxygen atoms in total. The summed E-state index contributed by atoms with van der Waals surface area (Å²) in [7, 11) is -3.58. The Kier molecular flexibility index (Phi) is 6.53. The molecular formula is C23H27N3O3S. The molecule has 3 rings (SSSR count). The number of hydrogen-bond donors (Lipinski definition) is 1. The standard InChI is InChI=1S/C23H27N3O3S/c1-5-26(6-2)30(28,29)19-11-9-10-18(14-19)25-23(27)15-21-16(3)20-12-7-8-13-22(20)24-17(21)4/h7-14H,5-6,15H2,1-4H3,(H,25,27). The molecule has 0 unspecified atom stereocenters. The lowest BCUT2D eigenvalue weighted by Gasteiger charge is -2.19. The third-order valence-corrected chi connectivity index (χ3v) is 7.33. The van der Waals surface area contributed by atoms with Gasteiger partial charge in [-0.15, -0.1) is 0 Å². The van der Waals surface area contributed by atoms with E-state index >= 15 is 0 Å². The minimum absolute atomic E-state index is 0.169. The summed E-state index contributed by atoms with van der Waals surface area (Å²) >= 11 is 0. The Morgan fingerprint density at radius 3 is 2.43 bits per heavy atom. The topological polar surface area (TPSA) is 79.4 Å². The summed E-state index contributed by atoms with van der Waals surface area (Å²) in [6, 6.07) is 14.2. The van der Waals surface area contributed by atoms with Gasteiger partial charge in [-0.3, -0.25) is 9.78 Å². The van der Waals surface area contributed by atoms with E-state index in [1.807, 2.05) is 38.1 Å². The molecule has 0 bridgehead atoms. The first-order valence-corrected chi connectivity index (χ1v) is 11.5. The molecule has 3 aromatic rings. The van der Waals surface area contributed by atoms with Gasteiger partial charge < -0.3 is 5.32 Å². The van der Waals surface area contributed by atoms with Crippen molar-refractivity contribution in [3.05, 3.63) is 65.4 Å². The SMILES string of the molecule is CCN(CC)S(=O)(=O)c1cccc(NC(=O)Cc2c(C)nc3ccccc3c2C)c1. The maximum Gasteiger partial charge on any atom is 0.243 e. The van der Waals surface area contributed by atoms with Crippen molar-refractivity contribution in [3.8, 4) is 0 Å². The predicted molar refractivity (Wildman–Crippen MR) is 120 cm³/mol. The molecule has 0 atom stereocenters. The molecule has 158 valence electrons. The van der Waals surface area contributed by atoms with Gasteiger partial charge in [0.2, 0.25) is 15.9 Å². The molecule has 0 spiro atoms. The second-order valence-corrected chi connectivity index (χ2v) is 9.10. The number of nitrogens with one attached hydrogen (secondary N) is 1. The molecule has 30 heavy (non-hydrogen) atoms. The quantitative estimate of drug-likeness (QED) is 0.619. The number of benzene rings is 2. The van der Waals surface area contributed by atoms with Crippen molar-refractivity contribution in [1.82, 2.24) is 9.29 Å². The molecule has 1 N–H and O–H groups in total. The van der Waals surface area contributed by atoms with Crippen LogP contribution in [0, 0.1) is 13.8 Å².